The molecule has 0 unspecified atom stereocenters. The highest BCUT2D eigenvalue weighted by Crippen LogP contribution is 2.55. The Bertz CT molecular complexity index is 408. The van der Waals surface area contributed by atoms with Gasteiger partial charge in [0.25, 0.3) is 0 Å². The van der Waals surface area contributed by atoms with E-state index in [1.165, 1.54) is 11.1 Å². The van der Waals surface area contributed by atoms with Crippen molar-refractivity contribution in [2.45, 2.75) is 43.9 Å². The molecule has 98 valence electrons. The van der Waals surface area contributed by atoms with Crippen LogP contribution in [0.3, 0.4) is 0 Å². The molecule has 0 aromatic heterocycles. The highest BCUT2D eigenvalue weighted by atomic mass is 28.3. The molecule has 0 aliphatic heterocycles. The minimum Gasteiger partial charge on any atom is -0.397 e. The minimum atomic E-state index is -1.58. The van der Waals surface area contributed by atoms with Crippen LogP contribution in [0.25, 0.3) is 0 Å². The summed E-state index contributed by atoms with van der Waals surface area (Å²) in [6.45, 7) is 7.51. The van der Waals surface area contributed by atoms with E-state index in [1.54, 1.807) is 0 Å². The molecule has 0 saturated carbocycles. The summed E-state index contributed by atoms with van der Waals surface area (Å²) in [5.74, 6) is 0. The average molecular weight is 260 g/mol. The first-order valence-corrected chi connectivity index (χ1v) is 10.1. The van der Waals surface area contributed by atoms with Crippen molar-refractivity contribution in [2.24, 2.45) is 0 Å². The minimum absolute atomic E-state index is 0.135. The molecule has 2 heteroatoms. The van der Waals surface area contributed by atoms with Crippen molar-refractivity contribution in [3.8, 4) is 0 Å². The van der Waals surface area contributed by atoms with Gasteiger partial charge in [-0.2, -0.15) is 0 Å². The van der Waals surface area contributed by atoms with Crippen LogP contribution in [-0.4, -0.2) is 19.8 Å². The van der Waals surface area contributed by atoms with E-state index in [0.29, 0.717) is 6.61 Å². The molecule has 0 saturated heterocycles. The van der Waals surface area contributed by atoms with Crippen molar-refractivity contribution in [2.75, 3.05) is 6.61 Å². The lowest BCUT2D eigenvalue weighted by atomic mass is 9.92. The van der Waals surface area contributed by atoms with Gasteiger partial charge in [-0.1, -0.05) is 56.5 Å². The van der Waals surface area contributed by atoms with Gasteiger partial charge in [-0.3, -0.25) is 0 Å². The van der Waals surface area contributed by atoms with Crippen LogP contribution in [0, 0.1) is 0 Å². The topological polar surface area (TPSA) is 20.2 Å². The lowest BCUT2D eigenvalue weighted by Gasteiger charge is -2.44. The van der Waals surface area contributed by atoms with Gasteiger partial charge in [-0.05, 0) is 30.0 Å². The van der Waals surface area contributed by atoms with E-state index in [-0.39, 0.29) is 5.04 Å². The number of aliphatic hydroxyl groups is 1. The maximum absolute atomic E-state index is 9.41. The Morgan fingerprint density at radius 2 is 1.61 bits per heavy atom. The first-order valence-electron chi connectivity index (χ1n) is 6.87. The number of allylic oxidation sites excluding steroid dienone is 8. The Morgan fingerprint density at radius 1 is 1.11 bits per heavy atom. The van der Waals surface area contributed by atoms with Crippen LogP contribution in [0.5, 0.6) is 0 Å². The predicted octanol–water partition coefficient (Wildman–Crippen LogP) is 4.22. The van der Waals surface area contributed by atoms with Crippen LogP contribution in [0.1, 0.15) is 19.8 Å². The molecule has 1 nitrogen and oxygen atoms in total. The Hall–Kier alpha value is -0.863. The Balaban J connectivity index is 2.46. The van der Waals surface area contributed by atoms with Gasteiger partial charge in [0, 0.05) is 11.6 Å². The zero-order chi connectivity index (χ0) is 13.2. The van der Waals surface area contributed by atoms with Gasteiger partial charge in [0.15, 0.2) is 0 Å². The van der Waals surface area contributed by atoms with Gasteiger partial charge in [-0.25, -0.2) is 0 Å². The second-order valence-electron chi connectivity index (χ2n) is 6.08. The molecule has 0 amide bonds. The fourth-order valence-electron chi connectivity index (χ4n) is 3.14. The van der Waals surface area contributed by atoms with Crippen LogP contribution in [-0.2, 0) is 0 Å². The van der Waals surface area contributed by atoms with E-state index in [1.807, 2.05) is 0 Å². The summed E-state index contributed by atoms with van der Waals surface area (Å²) >= 11 is 0. The SMILES string of the molecule is CC(C1=CCC=C1)(C1=CCC=C1)[Si](C)(C)CCO. The van der Waals surface area contributed by atoms with E-state index in [0.717, 1.165) is 18.9 Å². The van der Waals surface area contributed by atoms with Gasteiger partial charge in [0.1, 0.15) is 0 Å². The van der Waals surface area contributed by atoms with E-state index < -0.39 is 8.07 Å². The predicted molar refractivity (Wildman–Crippen MR) is 81.4 cm³/mol. The largest absolute Gasteiger partial charge is 0.397 e. The first kappa shape index (κ1) is 13.6. The number of aliphatic hydroxyl groups excluding tert-OH is 1. The second-order valence-corrected chi connectivity index (χ2v) is 11.3. The molecule has 0 spiro atoms. The molecular weight excluding hydrogens is 236 g/mol. The van der Waals surface area contributed by atoms with Crippen LogP contribution in [0.2, 0.25) is 24.2 Å². The van der Waals surface area contributed by atoms with Crippen LogP contribution < -0.4 is 0 Å². The zero-order valence-corrected chi connectivity index (χ0v) is 12.7. The van der Waals surface area contributed by atoms with Gasteiger partial charge in [-0.15, -0.1) is 0 Å². The summed E-state index contributed by atoms with van der Waals surface area (Å²) in [6.07, 6.45) is 15.9. The van der Waals surface area contributed by atoms with Crippen molar-refractivity contribution in [3.05, 3.63) is 47.6 Å². The summed E-state index contributed by atoms with van der Waals surface area (Å²) in [7, 11) is -1.58. The Kier molecular flexibility index (Phi) is 3.78. The van der Waals surface area contributed by atoms with Gasteiger partial charge < -0.3 is 5.11 Å². The molecule has 0 fully saturated rings. The number of hydrogen-bond acceptors (Lipinski definition) is 1. The smallest absolute Gasteiger partial charge is 0.0661 e. The molecular formula is C16H24OSi. The maximum Gasteiger partial charge on any atom is 0.0661 e. The quantitative estimate of drug-likeness (QED) is 0.734. The molecule has 0 aromatic rings. The van der Waals surface area contributed by atoms with E-state index in [9.17, 15) is 5.11 Å². The van der Waals surface area contributed by atoms with E-state index in [4.69, 9.17) is 0 Å². The van der Waals surface area contributed by atoms with Crippen LogP contribution in [0.15, 0.2) is 47.6 Å². The molecule has 0 aromatic carbocycles. The second kappa shape index (κ2) is 5.02. The first-order chi connectivity index (χ1) is 8.52. The van der Waals surface area contributed by atoms with Gasteiger partial charge in [0.05, 0.1) is 8.07 Å². The molecule has 0 heterocycles. The van der Waals surface area contributed by atoms with Crippen molar-refractivity contribution in [1.29, 1.82) is 0 Å². The van der Waals surface area contributed by atoms with Crippen molar-refractivity contribution in [1.82, 2.24) is 0 Å². The highest BCUT2D eigenvalue weighted by Gasteiger charge is 2.46. The third-order valence-corrected chi connectivity index (χ3v) is 9.55. The fourth-order valence-corrected chi connectivity index (χ4v) is 6.13. The third kappa shape index (κ3) is 2.08. The van der Waals surface area contributed by atoms with Crippen molar-refractivity contribution >= 4 is 8.07 Å². The highest BCUT2D eigenvalue weighted by molar-refractivity contribution is 6.82. The number of rotatable bonds is 5. The van der Waals surface area contributed by atoms with Gasteiger partial charge in [0.2, 0.25) is 0 Å². The van der Waals surface area contributed by atoms with E-state index in [2.05, 4.69) is 56.5 Å². The average Bonchev–Trinajstić information content (AvgIpc) is 3.01. The fraction of sp³-hybridized carbons (Fsp3) is 0.500. The normalized spacial score (nSPS) is 19.3. The Labute approximate surface area is 112 Å². The summed E-state index contributed by atoms with van der Waals surface area (Å²) in [5, 5.41) is 9.55. The summed E-state index contributed by atoms with van der Waals surface area (Å²) in [5.41, 5.74) is 2.93. The molecule has 2 rings (SSSR count). The maximum atomic E-state index is 9.41. The number of hydrogen-bond donors (Lipinski definition) is 1. The van der Waals surface area contributed by atoms with E-state index >= 15 is 0 Å². The van der Waals surface area contributed by atoms with Gasteiger partial charge >= 0.3 is 0 Å². The standard InChI is InChI=1S/C16H24OSi/c1-16(14-8-4-5-9-14,15-10-6-7-11-15)18(2,3)13-12-17/h4,6,8-11,17H,5,7,12-13H2,1-3H3. The zero-order valence-electron chi connectivity index (χ0n) is 11.7. The molecule has 1 N–H and O–H groups in total. The summed E-state index contributed by atoms with van der Waals surface area (Å²) in [6, 6.07) is 0.958. The lowest BCUT2D eigenvalue weighted by molar-refractivity contribution is 0.315. The molecule has 2 aliphatic rings. The lowest BCUT2D eigenvalue weighted by Crippen LogP contribution is -2.43. The molecule has 0 radical (unpaired) electrons. The van der Waals surface area contributed by atoms with Crippen molar-refractivity contribution < 1.29 is 5.11 Å². The molecule has 2 aliphatic carbocycles. The van der Waals surface area contributed by atoms with Crippen molar-refractivity contribution in [3.63, 3.8) is 0 Å². The summed E-state index contributed by atoms with van der Waals surface area (Å²) < 4.78 is 0. The molecule has 0 atom stereocenters. The summed E-state index contributed by atoms with van der Waals surface area (Å²) in [4.78, 5) is 0. The van der Waals surface area contributed by atoms with Crippen LogP contribution in [0.4, 0.5) is 0 Å². The van der Waals surface area contributed by atoms with Crippen LogP contribution >= 0.6 is 0 Å². The Morgan fingerprint density at radius 3 is 1.94 bits per heavy atom. The monoisotopic (exact) mass is 260 g/mol. The molecule has 18 heavy (non-hydrogen) atoms. The molecule has 0 bridgehead atoms. The third-order valence-electron chi connectivity index (χ3n) is 4.79.